The minimum Gasteiger partial charge on any atom is -0.490 e. The zero-order valence-electron chi connectivity index (χ0n) is 10.4. The Morgan fingerprint density at radius 3 is 2.58 bits per heavy atom. The van der Waals surface area contributed by atoms with Crippen LogP contribution in [-0.2, 0) is 0 Å². The van der Waals surface area contributed by atoms with Gasteiger partial charge in [-0.1, -0.05) is 12.1 Å². The van der Waals surface area contributed by atoms with Crippen LogP contribution in [0, 0.1) is 17.1 Å². The van der Waals surface area contributed by atoms with E-state index in [1.807, 2.05) is 19.1 Å². The van der Waals surface area contributed by atoms with Crippen molar-refractivity contribution in [3.8, 4) is 23.3 Å². The fourth-order valence-corrected chi connectivity index (χ4v) is 1.62. The molecule has 0 heterocycles. The Morgan fingerprint density at radius 2 is 1.89 bits per heavy atom. The molecule has 0 bridgehead atoms. The first-order valence-corrected chi connectivity index (χ1v) is 5.83. The highest BCUT2D eigenvalue weighted by Crippen LogP contribution is 2.31. The van der Waals surface area contributed by atoms with E-state index >= 15 is 0 Å². The molecule has 0 N–H and O–H groups in total. The van der Waals surface area contributed by atoms with Crippen LogP contribution >= 0.6 is 0 Å². The van der Waals surface area contributed by atoms with E-state index in [9.17, 15) is 4.39 Å². The lowest BCUT2D eigenvalue weighted by Gasteiger charge is -2.11. The predicted molar refractivity (Wildman–Crippen MR) is 68.8 cm³/mol. The van der Waals surface area contributed by atoms with Gasteiger partial charge in [0.2, 0.25) is 0 Å². The second-order valence-electron chi connectivity index (χ2n) is 3.77. The standard InChI is InChI=1S/C15H12FNO2/c1-2-18-14-5-3-4-6-15(14)19-13-8-11(10-17)7-12(16)9-13/h3-9H,2H2,1H3. The number of ether oxygens (including phenoxy) is 2. The summed E-state index contributed by atoms with van der Waals surface area (Å²) < 4.78 is 24.3. The molecule has 0 unspecified atom stereocenters. The molecule has 0 saturated heterocycles. The van der Waals surface area contributed by atoms with E-state index in [4.69, 9.17) is 14.7 Å². The van der Waals surface area contributed by atoms with E-state index in [0.29, 0.717) is 18.1 Å². The fraction of sp³-hybridized carbons (Fsp3) is 0.133. The van der Waals surface area contributed by atoms with Crippen molar-refractivity contribution in [1.82, 2.24) is 0 Å². The molecule has 0 aliphatic heterocycles. The Morgan fingerprint density at radius 1 is 1.16 bits per heavy atom. The zero-order valence-corrected chi connectivity index (χ0v) is 10.4. The van der Waals surface area contributed by atoms with Gasteiger partial charge in [-0.2, -0.15) is 5.26 Å². The molecule has 0 fully saturated rings. The van der Waals surface area contributed by atoms with Gasteiger partial charge >= 0.3 is 0 Å². The topological polar surface area (TPSA) is 42.2 Å². The van der Waals surface area contributed by atoms with E-state index in [1.54, 1.807) is 18.2 Å². The second-order valence-corrected chi connectivity index (χ2v) is 3.77. The first kappa shape index (κ1) is 12.9. The lowest BCUT2D eigenvalue weighted by Crippen LogP contribution is -1.95. The molecule has 0 radical (unpaired) electrons. The van der Waals surface area contributed by atoms with Gasteiger partial charge in [0.1, 0.15) is 11.6 Å². The van der Waals surface area contributed by atoms with Crippen LogP contribution in [0.4, 0.5) is 4.39 Å². The normalized spacial score (nSPS) is 9.74. The summed E-state index contributed by atoms with van der Waals surface area (Å²) in [6, 6.07) is 12.8. The predicted octanol–water partition coefficient (Wildman–Crippen LogP) is 3.89. The van der Waals surface area contributed by atoms with Crippen molar-refractivity contribution < 1.29 is 13.9 Å². The lowest BCUT2D eigenvalue weighted by atomic mass is 10.2. The second kappa shape index (κ2) is 5.87. The third-order valence-electron chi connectivity index (χ3n) is 2.38. The van der Waals surface area contributed by atoms with Crippen molar-refractivity contribution in [1.29, 1.82) is 5.26 Å². The number of nitriles is 1. The molecule has 96 valence electrons. The van der Waals surface area contributed by atoms with E-state index in [-0.39, 0.29) is 11.3 Å². The fourth-order valence-electron chi connectivity index (χ4n) is 1.62. The molecule has 0 aliphatic rings. The van der Waals surface area contributed by atoms with Crippen molar-refractivity contribution in [2.24, 2.45) is 0 Å². The van der Waals surface area contributed by atoms with Gasteiger partial charge in [0.15, 0.2) is 11.5 Å². The van der Waals surface area contributed by atoms with Crippen molar-refractivity contribution in [3.05, 3.63) is 53.8 Å². The van der Waals surface area contributed by atoms with E-state index < -0.39 is 5.82 Å². The van der Waals surface area contributed by atoms with E-state index in [0.717, 1.165) is 6.07 Å². The molecule has 4 heteroatoms. The maximum Gasteiger partial charge on any atom is 0.169 e. The highest BCUT2D eigenvalue weighted by Gasteiger charge is 2.07. The molecule has 0 amide bonds. The lowest BCUT2D eigenvalue weighted by molar-refractivity contribution is 0.321. The average molecular weight is 257 g/mol. The van der Waals surface area contributed by atoms with Gasteiger partial charge in [-0.3, -0.25) is 0 Å². The van der Waals surface area contributed by atoms with Crippen LogP contribution in [0.1, 0.15) is 12.5 Å². The SMILES string of the molecule is CCOc1ccccc1Oc1cc(F)cc(C#N)c1. The summed E-state index contributed by atoms with van der Waals surface area (Å²) in [7, 11) is 0. The third-order valence-corrected chi connectivity index (χ3v) is 2.38. The van der Waals surface area contributed by atoms with Gasteiger partial charge < -0.3 is 9.47 Å². The number of hydrogen-bond donors (Lipinski definition) is 0. The van der Waals surface area contributed by atoms with Gasteiger partial charge in [-0.25, -0.2) is 4.39 Å². The van der Waals surface area contributed by atoms with Crippen LogP contribution in [0.3, 0.4) is 0 Å². The summed E-state index contributed by atoms with van der Waals surface area (Å²) in [5.41, 5.74) is 0.212. The molecule has 2 rings (SSSR count). The molecule has 0 saturated carbocycles. The van der Waals surface area contributed by atoms with Crippen molar-refractivity contribution >= 4 is 0 Å². The van der Waals surface area contributed by atoms with Gasteiger partial charge in [0.05, 0.1) is 18.2 Å². The van der Waals surface area contributed by atoms with Crippen molar-refractivity contribution in [2.45, 2.75) is 6.92 Å². The van der Waals surface area contributed by atoms with Crippen LogP contribution in [-0.4, -0.2) is 6.61 Å². The third kappa shape index (κ3) is 3.23. The highest BCUT2D eigenvalue weighted by atomic mass is 19.1. The number of halogens is 1. The van der Waals surface area contributed by atoms with Crippen molar-refractivity contribution in [3.63, 3.8) is 0 Å². The van der Waals surface area contributed by atoms with Crippen LogP contribution in [0.25, 0.3) is 0 Å². The number of nitrogens with zero attached hydrogens (tertiary/aromatic N) is 1. The summed E-state index contributed by atoms with van der Waals surface area (Å²) in [6.45, 7) is 2.37. The van der Waals surface area contributed by atoms with Gasteiger partial charge in [-0.05, 0) is 31.2 Å². The molecule has 2 aromatic carbocycles. The first-order chi connectivity index (χ1) is 9.22. The monoisotopic (exact) mass is 257 g/mol. The molecule has 0 aliphatic carbocycles. The number of benzene rings is 2. The molecule has 3 nitrogen and oxygen atoms in total. The summed E-state index contributed by atoms with van der Waals surface area (Å²) in [5, 5.41) is 8.79. The minimum atomic E-state index is -0.511. The van der Waals surface area contributed by atoms with Crippen LogP contribution in [0.15, 0.2) is 42.5 Å². The minimum absolute atomic E-state index is 0.212. The maximum absolute atomic E-state index is 13.3. The average Bonchev–Trinajstić information content (AvgIpc) is 2.40. The summed E-state index contributed by atoms with van der Waals surface area (Å²) in [5.74, 6) is 0.818. The Hall–Kier alpha value is -2.54. The Bertz CT molecular complexity index is 620. The molecule has 0 aromatic heterocycles. The van der Waals surface area contributed by atoms with E-state index in [2.05, 4.69) is 0 Å². The number of rotatable bonds is 4. The molecule has 0 spiro atoms. The maximum atomic E-state index is 13.3. The summed E-state index contributed by atoms with van der Waals surface area (Å²) >= 11 is 0. The Kier molecular flexibility index (Phi) is 3.99. The van der Waals surface area contributed by atoms with Gasteiger partial charge in [-0.15, -0.1) is 0 Å². The largest absolute Gasteiger partial charge is 0.490 e. The molecule has 19 heavy (non-hydrogen) atoms. The summed E-state index contributed by atoms with van der Waals surface area (Å²) in [4.78, 5) is 0. The van der Waals surface area contributed by atoms with Gasteiger partial charge in [0.25, 0.3) is 0 Å². The smallest absolute Gasteiger partial charge is 0.169 e. The van der Waals surface area contributed by atoms with Crippen LogP contribution in [0.2, 0.25) is 0 Å². The van der Waals surface area contributed by atoms with E-state index in [1.165, 1.54) is 12.1 Å². The molecule has 0 atom stereocenters. The first-order valence-electron chi connectivity index (χ1n) is 5.83. The van der Waals surface area contributed by atoms with Gasteiger partial charge in [0, 0.05) is 6.07 Å². The zero-order chi connectivity index (χ0) is 13.7. The number of hydrogen-bond acceptors (Lipinski definition) is 3. The quantitative estimate of drug-likeness (QED) is 0.834. The highest BCUT2D eigenvalue weighted by molar-refractivity contribution is 5.44. The molecular formula is C15H12FNO2. The molecule has 2 aromatic rings. The van der Waals surface area contributed by atoms with Crippen LogP contribution in [0.5, 0.6) is 17.2 Å². The Labute approximate surface area is 110 Å². The summed E-state index contributed by atoms with van der Waals surface area (Å²) in [6.07, 6.45) is 0. The van der Waals surface area contributed by atoms with Crippen LogP contribution < -0.4 is 9.47 Å². The molecular weight excluding hydrogens is 245 g/mol. The Balaban J connectivity index is 2.31. The van der Waals surface area contributed by atoms with Crippen molar-refractivity contribution in [2.75, 3.05) is 6.61 Å². The number of para-hydroxylation sites is 2.